The van der Waals surface area contributed by atoms with E-state index in [1.54, 1.807) is 12.4 Å². The Kier molecular flexibility index (Phi) is 2.82. The molecule has 4 aromatic rings. The molecule has 6 heteroatoms. The molecule has 0 N–H and O–H groups in total. The lowest BCUT2D eigenvalue weighted by Gasteiger charge is -2.04. The summed E-state index contributed by atoms with van der Waals surface area (Å²) in [5.41, 5.74) is 2.02. The molecule has 4 rings (SSSR count). The molecule has 0 saturated heterocycles. The Morgan fingerprint density at radius 1 is 1.10 bits per heavy atom. The maximum Gasteiger partial charge on any atom is 0.267 e. The van der Waals surface area contributed by atoms with E-state index in [0.717, 1.165) is 21.0 Å². The summed E-state index contributed by atoms with van der Waals surface area (Å²) in [6.07, 6.45) is 4.76. The first-order valence-electron chi connectivity index (χ1n) is 6.22. The number of hydrogen-bond acceptors (Lipinski definition) is 5. The SMILES string of the molecule is Brc1cncc(Oc2ncnc3c2oc2ccccc23)c1. The number of furan rings is 1. The second kappa shape index (κ2) is 4.82. The van der Waals surface area contributed by atoms with Crippen molar-refractivity contribution >= 4 is 38.0 Å². The molecule has 102 valence electrons. The predicted octanol–water partition coefficient (Wildman–Crippen LogP) is 4.33. The fourth-order valence-corrected chi connectivity index (χ4v) is 2.48. The maximum atomic E-state index is 5.80. The van der Waals surface area contributed by atoms with Gasteiger partial charge in [0.2, 0.25) is 5.58 Å². The van der Waals surface area contributed by atoms with Crippen LogP contribution >= 0.6 is 15.9 Å². The first-order chi connectivity index (χ1) is 10.3. The van der Waals surface area contributed by atoms with Crippen LogP contribution in [0.5, 0.6) is 11.6 Å². The highest BCUT2D eigenvalue weighted by Crippen LogP contribution is 2.33. The zero-order valence-corrected chi connectivity index (χ0v) is 12.2. The van der Waals surface area contributed by atoms with E-state index in [1.165, 1.54) is 6.33 Å². The van der Waals surface area contributed by atoms with Crippen LogP contribution in [0, 0.1) is 0 Å². The van der Waals surface area contributed by atoms with Gasteiger partial charge in [0.05, 0.1) is 6.20 Å². The Morgan fingerprint density at radius 2 is 2.00 bits per heavy atom. The molecule has 0 spiro atoms. The van der Waals surface area contributed by atoms with Crippen LogP contribution in [0.2, 0.25) is 0 Å². The van der Waals surface area contributed by atoms with Crippen molar-refractivity contribution < 1.29 is 9.15 Å². The highest BCUT2D eigenvalue weighted by molar-refractivity contribution is 9.10. The second-order valence-electron chi connectivity index (χ2n) is 4.40. The van der Waals surface area contributed by atoms with E-state index >= 15 is 0 Å². The number of benzene rings is 1. The molecule has 1 aromatic carbocycles. The lowest BCUT2D eigenvalue weighted by atomic mass is 10.2. The summed E-state index contributed by atoms with van der Waals surface area (Å²) in [5.74, 6) is 0.945. The fourth-order valence-electron chi connectivity index (χ4n) is 2.14. The van der Waals surface area contributed by atoms with Crippen LogP contribution in [0.25, 0.3) is 22.1 Å². The average molecular weight is 342 g/mol. The Morgan fingerprint density at radius 3 is 2.90 bits per heavy atom. The summed E-state index contributed by atoms with van der Waals surface area (Å²) in [6, 6.07) is 9.51. The molecule has 0 aliphatic rings. The Hall–Kier alpha value is -2.47. The van der Waals surface area contributed by atoms with E-state index in [2.05, 4.69) is 30.9 Å². The normalized spacial score (nSPS) is 11.1. The fraction of sp³-hybridized carbons (Fsp3) is 0. The smallest absolute Gasteiger partial charge is 0.267 e. The number of ether oxygens (including phenoxy) is 1. The summed E-state index contributed by atoms with van der Waals surface area (Å²) in [4.78, 5) is 12.5. The third-order valence-corrected chi connectivity index (χ3v) is 3.45. The number of para-hydroxylation sites is 1. The molecular weight excluding hydrogens is 334 g/mol. The van der Waals surface area contributed by atoms with Crippen molar-refractivity contribution in [3.05, 3.63) is 53.5 Å². The number of fused-ring (bicyclic) bond motifs is 3. The van der Waals surface area contributed by atoms with E-state index in [9.17, 15) is 0 Å². The van der Waals surface area contributed by atoms with Crippen LogP contribution in [0.3, 0.4) is 0 Å². The standard InChI is InChI=1S/C15H8BrN3O2/c16-9-5-10(7-17-6-9)20-15-14-13(18-8-19-15)11-3-1-2-4-12(11)21-14/h1-8H. The Balaban J connectivity index is 1.89. The van der Waals surface area contributed by atoms with E-state index < -0.39 is 0 Å². The summed E-state index contributed by atoms with van der Waals surface area (Å²) in [7, 11) is 0. The second-order valence-corrected chi connectivity index (χ2v) is 5.31. The van der Waals surface area contributed by atoms with Gasteiger partial charge in [-0.25, -0.2) is 4.98 Å². The van der Waals surface area contributed by atoms with Gasteiger partial charge >= 0.3 is 0 Å². The number of rotatable bonds is 2. The van der Waals surface area contributed by atoms with E-state index in [1.807, 2.05) is 30.3 Å². The van der Waals surface area contributed by atoms with Crippen LogP contribution in [0.4, 0.5) is 0 Å². The molecule has 0 unspecified atom stereocenters. The van der Waals surface area contributed by atoms with Gasteiger partial charge in [0.1, 0.15) is 23.2 Å². The van der Waals surface area contributed by atoms with Crippen molar-refractivity contribution in [2.24, 2.45) is 0 Å². The van der Waals surface area contributed by atoms with Gasteiger partial charge in [-0.3, -0.25) is 4.98 Å². The molecule has 3 aromatic heterocycles. The Labute approximate surface area is 127 Å². The molecule has 0 bridgehead atoms. The van der Waals surface area contributed by atoms with E-state index in [0.29, 0.717) is 17.2 Å². The minimum Gasteiger partial charge on any atom is -0.449 e. The molecule has 0 aliphatic heterocycles. The van der Waals surface area contributed by atoms with Crippen molar-refractivity contribution in [2.45, 2.75) is 0 Å². The molecule has 0 fully saturated rings. The average Bonchev–Trinajstić information content (AvgIpc) is 2.87. The van der Waals surface area contributed by atoms with Gasteiger partial charge in [-0.2, -0.15) is 4.98 Å². The number of pyridine rings is 1. The molecule has 3 heterocycles. The molecule has 5 nitrogen and oxygen atoms in total. The molecule has 21 heavy (non-hydrogen) atoms. The van der Waals surface area contributed by atoms with Crippen LogP contribution in [0.1, 0.15) is 0 Å². The summed E-state index contributed by atoms with van der Waals surface area (Å²) < 4.78 is 12.4. The Bertz CT molecular complexity index is 952. The highest BCUT2D eigenvalue weighted by Gasteiger charge is 2.14. The minimum absolute atomic E-state index is 0.371. The first kappa shape index (κ1) is 12.3. The van der Waals surface area contributed by atoms with Crippen LogP contribution in [-0.2, 0) is 0 Å². The largest absolute Gasteiger partial charge is 0.449 e. The number of halogens is 1. The van der Waals surface area contributed by atoms with E-state index in [4.69, 9.17) is 9.15 Å². The molecule has 0 amide bonds. The van der Waals surface area contributed by atoms with Crippen LogP contribution in [-0.4, -0.2) is 15.0 Å². The summed E-state index contributed by atoms with van der Waals surface area (Å²) in [6.45, 7) is 0. The number of aromatic nitrogens is 3. The molecule has 0 atom stereocenters. The van der Waals surface area contributed by atoms with Crippen molar-refractivity contribution in [1.29, 1.82) is 0 Å². The zero-order chi connectivity index (χ0) is 14.2. The van der Waals surface area contributed by atoms with Gasteiger partial charge < -0.3 is 9.15 Å². The van der Waals surface area contributed by atoms with Gasteiger partial charge in [-0.1, -0.05) is 12.1 Å². The molecule has 0 aliphatic carbocycles. The topological polar surface area (TPSA) is 61.0 Å². The van der Waals surface area contributed by atoms with Gasteiger partial charge in [0.15, 0.2) is 0 Å². The van der Waals surface area contributed by atoms with E-state index in [-0.39, 0.29) is 0 Å². The predicted molar refractivity (Wildman–Crippen MR) is 81.3 cm³/mol. The van der Waals surface area contributed by atoms with Gasteiger partial charge in [-0.15, -0.1) is 0 Å². The lowest BCUT2D eigenvalue weighted by Crippen LogP contribution is -1.90. The van der Waals surface area contributed by atoms with Gasteiger partial charge in [-0.05, 0) is 34.1 Å². The summed E-state index contributed by atoms with van der Waals surface area (Å²) in [5, 5.41) is 0.937. The van der Waals surface area contributed by atoms with Crippen molar-refractivity contribution in [3.63, 3.8) is 0 Å². The zero-order valence-electron chi connectivity index (χ0n) is 10.7. The summed E-state index contributed by atoms with van der Waals surface area (Å²) >= 11 is 3.35. The first-order valence-corrected chi connectivity index (χ1v) is 7.01. The quantitative estimate of drug-likeness (QED) is 0.543. The van der Waals surface area contributed by atoms with Crippen molar-refractivity contribution in [1.82, 2.24) is 15.0 Å². The molecular formula is C15H8BrN3O2. The lowest BCUT2D eigenvalue weighted by molar-refractivity contribution is 0.454. The van der Waals surface area contributed by atoms with Gasteiger partial charge in [0, 0.05) is 16.1 Å². The van der Waals surface area contributed by atoms with Crippen LogP contribution < -0.4 is 4.74 Å². The van der Waals surface area contributed by atoms with Crippen LogP contribution in [0.15, 0.2) is 57.9 Å². The number of hydrogen-bond donors (Lipinski definition) is 0. The highest BCUT2D eigenvalue weighted by atomic mass is 79.9. The monoisotopic (exact) mass is 341 g/mol. The number of nitrogens with zero attached hydrogens (tertiary/aromatic N) is 3. The maximum absolute atomic E-state index is 5.80. The minimum atomic E-state index is 0.371. The molecule has 0 radical (unpaired) electrons. The van der Waals surface area contributed by atoms with Crippen molar-refractivity contribution in [2.75, 3.05) is 0 Å². The third kappa shape index (κ3) is 2.13. The van der Waals surface area contributed by atoms with Gasteiger partial charge in [0.25, 0.3) is 5.88 Å². The van der Waals surface area contributed by atoms with Crippen molar-refractivity contribution in [3.8, 4) is 11.6 Å². The molecule has 0 saturated carbocycles. The third-order valence-electron chi connectivity index (χ3n) is 3.02.